The molecule has 2 rings (SSSR count). The van der Waals surface area contributed by atoms with Crippen molar-refractivity contribution in [1.29, 1.82) is 0 Å². The fourth-order valence-corrected chi connectivity index (χ4v) is 2.87. The Hall–Kier alpha value is -1.81. The van der Waals surface area contributed by atoms with E-state index in [9.17, 15) is 4.79 Å². The second-order valence-corrected chi connectivity index (χ2v) is 6.13. The first kappa shape index (κ1) is 14.6. The molecule has 0 saturated heterocycles. The van der Waals surface area contributed by atoms with Crippen LogP contribution in [0.4, 0.5) is 5.69 Å². The minimum Gasteiger partial charge on any atom is -0.385 e. The van der Waals surface area contributed by atoms with Crippen molar-refractivity contribution in [1.82, 2.24) is 5.32 Å². The molecule has 106 valence electrons. The Kier molecular flexibility index (Phi) is 4.79. The molecule has 1 heterocycles. The number of hydrogen-bond acceptors (Lipinski definition) is 3. The number of carbonyl (C=O) groups is 1. The zero-order chi connectivity index (χ0) is 14.5. The first-order chi connectivity index (χ1) is 9.60. The summed E-state index contributed by atoms with van der Waals surface area (Å²) in [5.74, 6) is -0.0257. The van der Waals surface area contributed by atoms with Gasteiger partial charge >= 0.3 is 0 Å². The summed E-state index contributed by atoms with van der Waals surface area (Å²) in [6.07, 6.45) is 0. The summed E-state index contributed by atoms with van der Waals surface area (Å²) in [4.78, 5) is 14.6. The van der Waals surface area contributed by atoms with Gasteiger partial charge in [-0.15, -0.1) is 11.3 Å². The molecule has 0 spiro atoms. The summed E-state index contributed by atoms with van der Waals surface area (Å²) in [6.45, 7) is 7.61. The number of hydrogen-bond donors (Lipinski definition) is 2. The Balaban J connectivity index is 2.00. The quantitative estimate of drug-likeness (QED) is 0.880. The average molecular weight is 288 g/mol. The summed E-state index contributed by atoms with van der Waals surface area (Å²) in [6, 6.07) is 9.87. The first-order valence-corrected chi connectivity index (χ1v) is 7.60. The van der Waals surface area contributed by atoms with Gasteiger partial charge in [0.05, 0.1) is 6.54 Å². The van der Waals surface area contributed by atoms with Crippen molar-refractivity contribution in [2.75, 3.05) is 11.9 Å². The number of thiophene rings is 1. The molecule has 0 unspecified atom stereocenters. The number of rotatable bonds is 5. The minimum atomic E-state index is -0.0257. The highest BCUT2D eigenvalue weighted by molar-refractivity contribution is 7.11. The third kappa shape index (κ3) is 3.61. The molecule has 4 heteroatoms. The highest BCUT2D eigenvalue weighted by Gasteiger charge is 2.08. The molecule has 0 aliphatic carbocycles. The standard InChI is InChI=1S/C16H20N2OS/c1-4-17-15-8-6-13(9-11(15)2)16(19)18-10-14-7-5-12(3)20-14/h5-9,17H,4,10H2,1-3H3,(H,18,19). The van der Waals surface area contributed by atoms with Crippen molar-refractivity contribution in [2.24, 2.45) is 0 Å². The smallest absolute Gasteiger partial charge is 0.251 e. The molecule has 1 amide bonds. The molecule has 0 radical (unpaired) electrons. The van der Waals surface area contributed by atoms with E-state index in [2.05, 4.69) is 36.6 Å². The Morgan fingerprint density at radius 3 is 2.60 bits per heavy atom. The van der Waals surface area contributed by atoms with Gasteiger partial charge in [-0.3, -0.25) is 4.79 Å². The highest BCUT2D eigenvalue weighted by Crippen LogP contribution is 2.17. The number of benzene rings is 1. The van der Waals surface area contributed by atoms with Gasteiger partial charge in [-0.05, 0) is 56.7 Å². The summed E-state index contributed by atoms with van der Waals surface area (Å²) in [7, 11) is 0. The number of amides is 1. The van der Waals surface area contributed by atoms with Crippen LogP contribution in [-0.2, 0) is 6.54 Å². The SMILES string of the molecule is CCNc1ccc(C(=O)NCc2ccc(C)s2)cc1C. The van der Waals surface area contributed by atoms with Crippen LogP contribution in [0.5, 0.6) is 0 Å². The molecule has 0 atom stereocenters. The maximum atomic E-state index is 12.1. The molecular formula is C16H20N2OS. The van der Waals surface area contributed by atoms with Gasteiger partial charge in [0.25, 0.3) is 5.91 Å². The van der Waals surface area contributed by atoms with E-state index in [1.54, 1.807) is 11.3 Å². The Morgan fingerprint density at radius 2 is 2.00 bits per heavy atom. The molecule has 0 bridgehead atoms. The average Bonchev–Trinajstić information content (AvgIpc) is 2.84. The molecule has 0 saturated carbocycles. The molecule has 2 N–H and O–H groups in total. The van der Waals surface area contributed by atoms with Crippen LogP contribution in [0.25, 0.3) is 0 Å². The van der Waals surface area contributed by atoms with E-state index in [0.717, 1.165) is 17.8 Å². The van der Waals surface area contributed by atoms with Crippen LogP contribution < -0.4 is 10.6 Å². The zero-order valence-corrected chi connectivity index (χ0v) is 12.9. The van der Waals surface area contributed by atoms with Crippen LogP contribution in [0, 0.1) is 13.8 Å². The molecule has 20 heavy (non-hydrogen) atoms. The van der Waals surface area contributed by atoms with E-state index in [1.807, 2.05) is 25.1 Å². The number of aryl methyl sites for hydroxylation is 2. The van der Waals surface area contributed by atoms with E-state index in [1.165, 1.54) is 9.75 Å². The second-order valence-electron chi connectivity index (χ2n) is 4.76. The van der Waals surface area contributed by atoms with Gasteiger partial charge < -0.3 is 10.6 Å². The van der Waals surface area contributed by atoms with Crippen LogP contribution in [0.3, 0.4) is 0 Å². The lowest BCUT2D eigenvalue weighted by molar-refractivity contribution is 0.0951. The van der Waals surface area contributed by atoms with E-state index in [4.69, 9.17) is 0 Å². The number of anilines is 1. The monoisotopic (exact) mass is 288 g/mol. The maximum absolute atomic E-state index is 12.1. The summed E-state index contributed by atoms with van der Waals surface area (Å²) in [5.41, 5.74) is 2.88. The topological polar surface area (TPSA) is 41.1 Å². The Bertz CT molecular complexity index is 604. The molecular weight excluding hydrogens is 268 g/mol. The van der Waals surface area contributed by atoms with E-state index >= 15 is 0 Å². The predicted octanol–water partition coefficient (Wildman–Crippen LogP) is 3.73. The highest BCUT2D eigenvalue weighted by atomic mass is 32.1. The molecule has 1 aromatic heterocycles. The minimum absolute atomic E-state index is 0.0257. The lowest BCUT2D eigenvalue weighted by atomic mass is 10.1. The van der Waals surface area contributed by atoms with Crippen LogP contribution in [0.2, 0.25) is 0 Å². The Labute approximate surface area is 124 Å². The van der Waals surface area contributed by atoms with E-state index in [-0.39, 0.29) is 5.91 Å². The Morgan fingerprint density at radius 1 is 1.20 bits per heavy atom. The molecule has 2 aromatic rings. The van der Waals surface area contributed by atoms with Crippen molar-refractivity contribution in [3.63, 3.8) is 0 Å². The summed E-state index contributed by atoms with van der Waals surface area (Å²) >= 11 is 1.71. The van der Waals surface area contributed by atoms with Crippen LogP contribution in [0.15, 0.2) is 30.3 Å². The van der Waals surface area contributed by atoms with Gasteiger partial charge in [0.1, 0.15) is 0 Å². The third-order valence-electron chi connectivity index (χ3n) is 3.08. The molecule has 0 aliphatic rings. The lowest BCUT2D eigenvalue weighted by Gasteiger charge is -2.09. The number of nitrogens with one attached hydrogen (secondary N) is 2. The van der Waals surface area contributed by atoms with Gasteiger partial charge in [-0.2, -0.15) is 0 Å². The van der Waals surface area contributed by atoms with Crippen LogP contribution in [-0.4, -0.2) is 12.5 Å². The normalized spacial score (nSPS) is 10.3. The van der Waals surface area contributed by atoms with Gasteiger partial charge in [-0.1, -0.05) is 0 Å². The van der Waals surface area contributed by atoms with Crippen molar-refractivity contribution >= 4 is 22.9 Å². The largest absolute Gasteiger partial charge is 0.385 e. The fourth-order valence-electron chi connectivity index (χ4n) is 2.04. The van der Waals surface area contributed by atoms with E-state index < -0.39 is 0 Å². The predicted molar refractivity (Wildman–Crippen MR) is 85.6 cm³/mol. The lowest BCUT2D eigenvalue weighted by Crippen LogP contribution is -2.22. The maximum Gasteiger partial charge on any atom is 0.251 e. The molecule has 1 aromatic carbocycles. The summed E-state index contributed by atoms with van der Waals surface area (Å²) < 4.78 is 0. The zero-order valence-electron chi connectivity index (χ0n) is 12.1. The van der Waals surface area contributed by atoms with Crippen molar-refractivity contribution < 1.29 is 4.79 Å². The molecule has 0 aliphatic heterocycles. The van der Waals surface area contributed by atoms with Gasteiger partial charge in [0, 0.05) is 27.5 Å². The van der Waals surface area contributed by atoms with Crippen LogP contribution in [0.1, 0.15) is 32.6 Å². The second kappa shape index (κ2) is 6.57. The molecule has 3 nitrogen and oxygen atoms in total. The van der Waals surface area contributed by atoms with Crippen molar-refractivity contribution in [3.05, 3.63) is 51.2 Å². The van der Waals surface area contributed by atoms with Crippen molar-refractivity contribution in [3.8, 4) is 0 Å². The van der Waals surface area contributed by atoms with Crippen LogP contribution >= 0.6 is 11.3 Å². The fraction of sp³-hybridized carbons (Fsp3) is 0.312. The first-order valence-electron chi connectivity index (χ1n) is 6.78. The van der Waals surface area contributed by atoms with Crippen molar-refractivity contribution in [2.45, 2.75) is 27.3 Å². The van der Waals surface area contributed by atoms with Gasteiger partial charge in [0.15, 0.2) is 0 Å². The van der Waals surface area contributed by atoms with E-state index in [0.29, 0.717) is 12.1 Å². The summed E-state index contributed by atoms with van der Waals surface area (Å²) in [5, 5.41) is 6.23. The van der Waals surface area contributed by atoms with Gasteiger partial charge in [0.2, 0.25) is 0 Å². The molecule has 0 fully saturated rings. The number of carbonyl (C=O) groups excluding carboxylic acids is 1. The third-order valence-corrected chi connectivity index (χ3v) is 4.08. The van der Waals surface area contributed by atoms with Gasteiger partial charge in [-0.25, -0.2) is 0 Å².